The summed E-state index contributed by atoms with van der Waals surface area (Å²) >= 11 is 6.06. The van der Waals surface area contributed by atoms with Gasteiger partial charge in [-0.05, 0) is 43.5 Å². The highest BCUT2D eigenvalue weighted by atomic mass is 35.5. The molecule has 0 aliphatic heterocycles. The lowest BCUT2D eigenvalue weighted by Gasteiger charge is -2.09. The molecular formula is C12H17ClN2O2. The summed E-state index contributed by atoms with van der Waals surface area (Å²) in [5.74, 6) is 1.01. The van der Waals surface area contributed by atoms with Crippen LogP contribution in [0.2, 0.25) is 5.02 Å². The van der Waals surface area contributed by atoms with Crippen molar-refractivity contribution >= 4 is 17.4 Å². The maximum Gasteiger partial charge on any atom is 0.139 e. The number of amidine groups is 1. The summed E-state index contributed by atoms with van der Waals surface area (Å²) in [7, 11) is 0. The zero-order valence-corrected chi connectivity index (χ0v) is 10.8. The van der Waals surface area contributed by atoms with Crippen LogP contribution in [0.25, 0.3) is 0 Å². The molecule has 3 N–H and O–H groups in total. The van der Waals surface area contributed by atoms with E-state index in [0.29, 0.717) is 19.4 Å². The van der Waals surface area contributed by atoms with Gasteiger partial charge in [0.05, 0.1) is 6.61 Å². The highest BCUT2D eigenvalue weighted by Crippen LogP contribution is 2.25. The van der Waals surface area contributed by atoms with E-state index in [4.69, 9.17) is 27.3 Å². The van der Waals surface area contributed by atoms with Crippen LogP contribution >= 0.6 is 11.6 Å². The molecule has 1 aromatic carbocycles. The van der Waals surface area contributed by atoms with Crippen LogP contribution in [0.3, 0.4) is 0 Å². The van der Waals surface area contributed by atoms with Gasteiger partial charge in [0.15, 0.2) is 0 Å². The highest BCUT2D eigenvalue weighted by molar-refractivity contribution is 6.32. The second kappa shape index (κ2) is 6.35. The predicted molar refractivity (Wildman–Crippen MR) is 69.1 cm³/mol. The van der Waals surface area contributed by atoms with Crippen LogP contribution < -0.4 is 10.5 Å². The molecular weight excluding hydrogens is 240 g/mol. The Morgan fingerprint density at radius 3 is 2.53 bits per heavy atom. The Morgan fingerprint density at radius 2 is 2.00 bits per heavy atom. The first-order valence-corrected chi connectivity index (χ1v) is 5.78. The third kappa shape index (κ3) is 4.15. The first-order chi connectivity index (χ1) is 8.04. The van der Waals surface area contributed by atoms with Crippen LogP contribution in [0.5, 0.6) is 5.75 Å². The van der Waals surface area contributed by atoms with Gasteiger partial charge in [0.25, 0.3) is 0 Å². The van der Waals surface area contributed by atoms with Gasteiger partial charge < -0.3 is 15.7 Å². The van der Waals surface area contributed by atoms with Gasteiger partial charge in [-0.25, -0.2) is 0 Å². The molecule has 0 amide bonds. The molecule has 0 heterocycles. The number of benzene rings is 1. The molecule has 0 fully saturated rings. The standard InChI is InChI=1S/C12H17ClN2O2/c1-8-6-10(7-9(2)12(8)13)17-5-3-4-11(14)15-16/h6-7,16H,3-5H2,1-2H3,(H2,14,15). The molecule has 17 heavy (non-hydrogen) atoms. The molecule has 1 rings (SSSR count). The van der Waals surface area contributed by atoms with E-state index in [2.05, 4.69) is 5.16 Å². The monoisotopic (exact) mass is 256 g/mol. The predicted octanol–water partition coefficient (Wildman–Crippen LogP) is 2.86. The second-order valence-electron chi connectivity index (χ2n) is 3.91. The van der Waals surface area contributed by atoms with Crippen LogP contribution in [0.1, 0.15) is 24.0 Å². The summed E-state index contributed by atoms with van der Waals surface area (Å²) in [6.07, 6.45) is 1.22. The number of nitrogens with two attached hydrogens (primary N) is 1. The van der Waals surface area contributed by atoms with Crippen LogP contribution in [0, 0.1) is 13.8 Å². The third-order valence-corrected chi connectivity index (χ3v) is 2.98. The summed E-state index contributed by atoms with van der Waals surface area (Å²) in [6.45, 7) is 4.41. The van der Waals surface area contributed by atoms with Crippen molar-refractivity contribution < 1.29 is 9.94 Å². The van der Waals surface area contributed by atoms with Crippen molar-refractivity contribution in [1.82, 2.24) is 0 Å². The van der Waals surface area contributed by atoms with Crippen molar-refractivity contribution in [3.05, 3.63) is 28.3 Å². The fraction of sp³-hybridized carbons (Fsp3) is 0.417. The number of aryl methyl sites for hydroxylation is 2. The summed E-state index contributed by atoms with van der Waals surface area (Å²) in [4.78, 5) is 0. The van der Waals surface area contributed by atoms with Crippen molar-refractivity contribution in [2.75, 3.05) is 6.61 Å². The van der Waals surface area contributed by atoms with Gasteiger partial charge in [0, 0.05) is 11.4 Å². The minimum Gasteiger partial charge on any atom is -0.494 e. The zero-order chi connectivity index (χ0) is 12.8. The van der Waals surface area contributed by atoms with E-state index in [1.54, 1.807) is 0 Å². The number of hydrogen-bond donors (Lipinski definition) is 2. The van der Waals surface area contributed by atoms with Crippen molar-refractivity contribution in [3.8, 4) is 5.75 Å². The van der Waals surface area contributed by atoms with Crippen molar-refractivity contribution in [2.45, 2.75) is 26.7 Å². The van der Waals surface area contributed by atoms with Gasteiger partial charge in [-0.2, -0.15) is 0 Å². The molecule has 94 valence electrons. The molecule has 0 saturated heterocycles. The van der Waals surface area contributed by atoms with Crippen molar-refractivity contribution in [1.29, 1.82) is 0 Å². The van der Waals surface area contributed by atoms with Crippen LogP contribution in [-0.4, -0.2) is 17.6 Å². The molecule has 0 saturated carbocycles. The Balaban J connectivity index is 2.48. The molecule has 0 aliphatic carbocycles. The Bertz CT molecular complexity index is 396. The van der Waals surface area contributed by atoms with E-state index >= 15 is 0 Å². The van der Waals surface area contributed by atoms with E-state index in [1.165, 1.54) is 0 Å². The van der Waals surface area contributed by atoms with Crippen LogP contribution in [0.15, 0.2) is 17.3 Å². The maximum absolute atomic E-state index is 8.36. The minimum absolute atomic E-state index is 0.220. The maximum atomic E-state index is 8.36. The summed E-state index contributed by atoms with van der Waals surface area (Å²) in [6, 6.07) is 3.80. The highest BCUT2D eigenvalue weighted by Gasteiger charge is 2.03. The molecule has 5 heteroatoms. The number of ether oxygens (including phenoxy) is 1. The van der Waals surface area contributed by atoms with E-state index < -0.39 is 0 Å². The van der Waals surface area contributed by atoms with E-state index in [1.807, 2.05) is 26.0 Å². The van der Waals surface area contributed by atoms with Gasteiger partial charge in [0.2, 0.25) is 0 Å². The lowest BCUT2D eigenvalue weighted by atomic mass is 10.1. The molecule has 0 aromatic heterocycles. The average molecular weight is 257 g/mol. The minimum atomic E-state index is 0.220. The summed E-state index contributed by atoms with van der Waals surface area (Å²) in [5, 5.41) is 12.0. The first kappa shape index (κ1) is 13.6. The Morgan fingerprint density at radius 1 is 1.41 bits per heavy atom. The first-order valence-electron chi connectivity index (χ1n) is 5.40. The fourth-order valence-corrected chi connectivity index (χ4v) is 1.59. The molecule has 0 unspecified atom stereocenters. The van der Waals surface area contributed by atoms with E-state index in [0.717, 1.165) is 21.9 Å². The number of oxime groups is 1. The van der Waals surface area contributed by atoms with Crippen molar-refractivity contribution in [3.63, 3.8) is 0 Å². The summed E-state index contributed by atoms with van der Waals surface area (Å²) in [5.41, 5.74) is 7.34. The lowest BCUT2D eigenvalue weighted by Crippen LogP contribution is -2.12. The number of halogens is 1. The van der Waals surface area contributed by atoms with Gasteiger partial charge in [-0.1, -0.05) is 16.8 Å². The SMILES string of the molecule is Cc1cc(OCCC/C(N)=N/O)cc(C)c1Cl. The number of nitrogens with zero attached hydrogens (tertiary/aromatic N) is 1. The Labute approximate surface area is 106 Å². The largest absolute Gasteiger partial charge is 0.494 e. The quantitative estimate of drug-likeness (QED) is 0.280. The van der Waals surface area contributed by atoms with Crippen LogP contribution in [0.4, 0.5) is 0 Å². The summed E-state index contributed by atoms with van der Waals surface area (Å²) < 4.78 is 5.57. The topological polar surface area (TPSA) is 67.8 Å². The van der Waals surface area contributed by atoms with Gasteiger partial charge in [-0.15, -0.1) is 0 Å². The van der Waals surface area contributed by atoms with E-state index in [-0.39, 0.29) is 5.84 Å². The number of hydrogen-bond acceptors (Lipinski definition) is 3. The molecule has 0 atom stereocenters. The van der Waals surface area contributed by atoms with Gasteiger partial charge in [0.1, 0.15) is 11.6 Å². The Kier molecular flexibility index (Phi) is 5.10. The van der Waals surface area contributed by atoms with Gasteiger partial charge >= 0.3 is 0 Å². The normalized spacial score (nSPS) is 11.6. The number of rotatable bonds is 5. The molecule has 4 nitrogen and oxygen atoms in total. The van der Waals surface area contributed by atoms with Gasteiger partial charge in [-0.3, -0.25) is 0 Å². The lowest BCUT2D eigenvalue weighted by molar-refractivity contribution is 0.305. The average Bonchev–Trinajstić information content (AvgIpc) is 2.31. The molecule has 0 bridgehead atoms. The van der Waals surface area contributed by atoms with Crippen LogP contribution in [-0.2, 0) is 0 Å². The zero-order valence-electron chi connectivity index (χ0n) is 10.0. The molecule has 0 spiro atoms. The smallest absolute Gasteiger partial charge is 0.139 e. The second-order valence-corrected chi connectivity index (χ2v) is 4.29. The third-order valence-electron chi connectivity index (χ3n) is 2.38. The fourth-order valence-electron chi connectivity index (χ4n) is 1.48. The van der Waals surface area contributed by atoms with Crippen molar-refractivity contribution in [2.24, 2.45) is 10.9 Å². The molecule has 1 aromatic rings. The van der Waals surface area contributed by atoms with E-state index in [9.17, 15) is 0 Å². The molecule has 0 aliphatic rings. The Hall–Kier alpha value is -1.42. The molecule has 0 radical (unpaired) electrons.